The number of halogens is 1. The molecule has 1 saturated carbocycles. The second kappa shape index (κ2) is 7.50. The summed E-state index contributed by atoms with van der Waals surface area (Å²) in [4.78, 5) is 10.2. The molecule has 0 aliphatic heterocycles. The molecule has 1 aromatic carbocycles. The number of nitrogens with zero attached hydrogens (tertiary/aromatic N) is 1. The highest BCUT2D eigenvalue weighted by Crippen LogP contribution is 2.29. The molecule has 2 atom stereocenters. The number of hydrogen-bond acceptors (Lipinski definition) is 3. The molecule has 1 aliphatic rings. The van der Waals surface area contributed by atoms with E-state index in [1.807, 2.05) is 0 Å². The van der Waals surface area contributed by atoms with E-state index < -0.39 is 16.4 Å². The molecular formula is C16H23FN2O2. The van der Waals surface area contributed by atoms with Crippen LogP contribution < -0.4 is 5.32 Å². The minimum absolute atomic E-state index is 0.351. The predicted octanol–water partition coefficient (Wildman–Crippen LogP) is 3.83. The highest BCUT2D eigenvalue weighted by molar-refractivity contribution is 5.37. The predicted molar refractivity (Wildman–Crippen MR) is 80.8 cm³/mol. The first kappa shape index (κ1) is 15.9. The molecule has 2 rings (SSSR count). The van der Waals surface area contributed by atoms with Crippen LogP contribution in [0.4, 0.5) is 10.1 Å². The zero-order chi connectivity index (χ0) is 15.2. The zero-order valence-corrected chi connectivity index (χ0v) is 12.5. The molecule has 21 heavy (non-hydrogen) atoms. The van der Waals surface area contributed by atoms with E-state index in [0.29, 0.717) is 23.9 Å². The molecule has 0 amide bonds. The highest BCUT2D eigenvalue weighted by Gasteiger charge is 2.26. The summed E-state index contributed by atoms with van der Waals surface area (Å²) in [6.07, 6.45) is 6.31. The minimum Gasteiger partial charge on any atom is -0.314 e. The van der Waals surface area contributed by atoms with Gasteiger partial charge in [-0.15, -0.1) is 0 Å². The smallest absolute Gasteiger partial charge is 0.305 e. The fourth-order valence-electron chi connectivity index (χ4n) is 3.31. The number of nitrogens with one attached hydrogen (secondary N) is 1. The van der Waals surface area contributed by atoms with E-state index in [-0.39, 0.29) is 0 Å². The molecule has 1 fully saturated rings. The van der Waals surface area contributed by atoms with Crippen LogP contribution >= 0.6 is 0 Å². The Morgan fingerprint density at radius 2 is 2.10 bits per heavy atom. The number of nitro groups is 1. The Balaban J connectivity index is 2.18. The maximum atomic E-state index is 14.2. The Morgan fingerprint density at radius 3 is 2.81 bits per heavy atom. The fraction of sp³-hybridized carbons (Fsp3) is 0.625. The van der Waals surface area contributed by atoms with E-state index in [1.54, 1.807) is 12.1 Å². The van der Waals surface area contributed by atoms with Gasteiger partial charge in [0.25, 0.3) is 0 Å². The maximum Gasteiger partial charge on any atom is 0.305 e. The molecule has 4 nitrogen and oxygen atoms in total. The van der Waals surface area contributed by atoms with Crippen LogP contribution in [0.25, 0.3) is 0 Å². The van der Waals surface area contributed by atoms with E-state index in [4.69, 9.17) is 0 Å². The first-order valence-corrected chi connectivity index (χ1v) is 7.78. The first-order chi connectivity index (χ1) is 10.1. The second-order valence-corrected chi connectivity index (χ2v) is 5.77. The summed E-state index contributed by atoms with van der Waals surface area (Å²) in [5.41, 5.74) is 0.0557. The van der Waals surface area contributed by atoms with Gasteiger partial charge in [0.15, 0.2) is 0 Å². The summed E-state index contributed by atoms with van der Waals surface area (Å²) in [7, 11) is 0. The van der Waals surface area contributed by atoms with E-state index in [1.165, 1.54) is 18.9 Å². The average Bonchev–Trinajstić information content (AvgIpc) is 2.67. The van der Waals surface area contributed by atoms with Crippen molar-refractivity contribution in [1.82, 2.24) is 5.32 Å². The van der Waals surface area contributed by atoms with Crippen molar-refractivity contribution in [2.24, 2.45) is 5.92 Å². The fourth-order valence-corrected chi connectivity index (χ4v) is 3.31. The van der Waals surface area contributed by atoms with Crippen molar-refractivity contribution in [2.45, 2.75) is 51.5 Å². The van der Waals surface area contributed by atoms with Gasteiger partial charge >= 0.3 is 5.69 Å². The molecule has 0 spiro atoms. The van der Waals surface area contributed by atoms with E-state index >= 15 is 0 Å². The van der Waals surface area contributed by atoms with Crippen LogP contribution in [-0.2, 0) is 6.42 Å². The van der Waals surface area contributed by atoms with Crippen molar-refractivity contribution in [2.75, 3.05) is 6.54 Å². The summed E-state index contributed by atoms with van der Waals surface area (Å²) < 4.78 is 14.2. The van der Waals surface area contributed by atoms with Gasteiger partial charge in [-0.2, -0.15) is 4.39 Å². The van der Waals surface area contributed by atoms with Crippen molar-refractivity contribution in [1.29, 1.82) is 0 Å². The van der Waals surface area contributed by atoms with Gasteiger partial charge in [-0.3, -0.25) is 10.1 Å². The van der Waals surface area contributed by atoms with Gasteiger partial charge in [0.1, 0.15) is 0 Å². The molecule has 0 aromatic heterocycles. The van der Waals surface area contributed by atoms with Gasteiger partial charge in [0, 0.05) is 12.1 Å². The van der Waals surface area contributed by atoms with Crippen molar-refractivity contribution in [3.63, 3.8) is 0 Å². The molecule has 0 heterocycles. The normalized spacial score (nSPS) is 22.8. The van der Waals surface area contributed by atoms with E-state index in [2.05, 4.69) is 12.2 Å². The topological polar surface area (TPSA) is 55.2 Å². The van der Waals surface area contributed by atoms with Crippen molar-refractivity contribution >= 4 is 5.69 Å². The summed E-state index contributed by atoms with van der Waals surface area (Å²) in [5.74, 6) is -0.314. The average molecular weight is 294 g/mol. The Labute approximate surface area is 124 Å². The quantitative estimate of drug-likeness (QED) is 0.510. The zero-order valence-electron chi connectivity index (χ0n) is 12.5. The summed E-state index contributed by atoms with van der Waals surface area (Å²) in [6.45, 7) is 2.98. The lowest BCUT2D eigenvalue weighted by Gasteiger charge is -2.26. The number of nitro benzene ring substituents is 1. The van der Waals surface area contributed by atoms with Gasteiger partial charge in [-0.1, -0.05) is 38.3 Å². The molecule has 1 aliphatic carbocycles. The van der Waals surface area contributed by atoms with Crippen molar-refractivity contribution in [3.05, 3.63) is 39.7 Å². The minimum atomic E-state index is -0.665. The number of hydrogen-bond donors (Lipinski definition) is 1. The molecule has 0 radical (unpaired) electrons. The Morgan fingerprint density at radius 1 is 1.33 bits per heavy atom. The standard InChI is InChI=1S/C16H23FN2O2/c1-2-18-14-9-5-3-4-7-12(14)11-13-8-6-10-15(16(13)17)19(20)21/h6,8,10,12,14,18H,2-5,7,9,11H2,1H3. The lowest BCUT2D eigenvalue weighted by atomic mass is 9.88. The first-order valence-electron chi connectivity index (χ1n) is 7.78. The highest BCUT2D eigenvalue weighted by atomic mass is 19.1. The van der Waals surface area contributed by atoms with Crippen LogP contribution in [0.2, 0.25) is 0 Å². The molecule has 5 heteroatoms. The van der Waals surface area contributed by atoms with Crippen LogP contribution in [0.5, 0.6) is 0 Å². The van der Waals surface area contributed by atoms with Gasteiger partial charge in [-0.25, -0.2) is 0 Å². The molecule has 2 unspecified atom stereocenters. The van der Waals surface area contributed by atoms with Crippen LogP contribution in [-0.4, -0.2) is 17.5 Å². The summed E-state index contributed by atoms with van der Waals surface area (Å²) in [6, 6.07) is 4.87. The van der Waals surface area contributed by atoms with Crippen LogP contribution in [0.1, 0.15) is 44.6 Å². The summed E-state index contributed by atoms with van der Waals surface area (Å²) in [5, 5.41) is 14.3. The van der Waals surface area contributed by atoms with Gasteiger partial charge in [0.05, 0.1) is 4.92 Å². The Bertz CT molecular complexity index is 493. The lowest BCUT2D eigenvalue weighted by molar-refractivity contribution is -0.387. The van der Waals surface area contributed by atoms with E-state index in [0.717, 1.165) is 25.8 Å². The SMILES string of the molecule is CCNC1CCCCCC1Cc1cccc([N+](=O)[O-])c1F. The molecule has 0 saturated heterocycles. The maximum absolute atomic E-state index is 14.2. The third kappa shape index (κ3) is 4.00. The number of rotatable bonds is 5. The molecule has 0 bridgehead atoms. The third-order valence-corrected chi connectivity index (χ3v) is 4.36. The lowest BCUT2D eigenvalue weighted by Crippen LogP contribution is -2.36. The monoisotopic (exact) mass is 294 g/mol. The van der Waals surface area contributed by atoms with Crippen LogP contribution in [0.3, 0.4) is 0 Å². The largest absolute Gasteiger partial charge is 0.314 e. The molecular weight excluding hydrogens is 271 g/mol. The Kier molecular flexibility index (Phi) is 5.67. The van der Waals surface area contributed by atoms with Crippen LogP contribution in [0, 0.1) is 21.8 Å². The van der Waals surface area contributed by atoms with Gasteiger partial charge in [0.2, 0.25) is 5.82 Å². The summed E-state index contributed by atoms with van der Waals surface area (Å²) >= 11 is 0. The third-order valence-electron chi connectivity index (χ3n) is 4.36. The Hall–Kier alpha value is -1.49. The van der Waals surface area contributed by atoms with Gasteiger partial charge < -0.3 is 5.32 Å². The van der Waals surface area contributed by atoms with E-state index in [9.17, 15) is 14.5 Å². The number of benzene rings is 1. The molecule has 1 N–H and O–H groups in total. The van der Waals surface area contributed by atoms with Crippen molar-refractivity contribution in [3.8, 4) is 0 Å². The van der Waals surface area contributed by atoms with Crippen molar-refractivity contribution < 1.29 is 9.31 Å². The molecule has 116 valence electrons. The second-order valence-electron chi connectivity index (χ2n) is 5.77. The van der Waals surface area contributed by atoms with Gasteiger partial charge in [-0.05, 0) is 37.3 Å². The molecule has 1 aromatic rings. The van der Waals surface area contributed by atoms with Crippen LogP contribution in [0.15, 0.2) is 18.2 Å².